The average molecular weight is 266 g/mol. The highest BCUT2D eigenvalue weighted by Gasteiger charge is 2.18. The van der Waals surface area contributed by atoms with Crippen molar-refractivity contribution in [1.29, 1.82) is 0 Å². The first-order valence-corrected chi connectivity index (χ1v) is 7.57. The van der Waals surface area contributed by atoms with Crippen LogP contribution in [0, 0.1) is 6.92 Å². The molecule has 0 spiro atoms. The van der Waals surface area contributed by atoms with Crippen molar-refractivity contribution in [3.8, 4) is 0 Å². The Morgan fingerprint density at radius 2 is 2.06 bits per heavy atom. The third-order valence-electron chi connectivity index (χ3n) is 3.35. The fraction of sp³-hybridized carbons (Fsp3) is 0.462. The van der Waals surface area contributed by atoms with Gasteiger partial charge in [-0.2, -0.15) is 0 Å². The lowest BCUT2D eigenvalue weighted by molar-refractivity contribution is 0.1000. The summed E-state index contributed by atoms with van der Waals surface area (Å²) in [6.45, 7) is 1.89. The van der Waals surface area contributed by atoms with Gasteiger partial charge in [0.05, 0.1) is 0 Å². The van der Waals surface area contributed by atoms with E-state index < -0.39 is 16.7 Å². The van der Waals surface area contributed by atoms with Gasteiger partial charge in [-0.25, -0.2) is 0 Å². The molecule has 0 radical (unpaired) electrons. The van der Waals surface area contributed by atoms with Gasteiger partial charge in [-0.05, 0) is 37.5 Å². The number of anilines is 1. The Morgan fingerprint density at radius 1 is 1.39 bits per heavy atom. The van der Waals surface area contributed by atoms with Gasteiger partial charge in [0.1, 0.15) is 0 Å². The molecule has 1 aromatic carbocycles. The number of rotatable bonds is 3. The van der Waals surface area contributed by atoms with Crippen molar-refractivity contribution in [2.75, 3.05) is 16.8 Å². The van der Waals surface area contributed by atoms with E-state index in [1.54, 1.807) is 6.07 Å². The number of hydrogen-bond donors (Lipinski definition) is 2. The summed E-state index contributed by atoms with van der Waals surface area (Å²) in [5.74, 6) is 1.11. The van der Waals surface area contributed by atoms with Gasteiger partial charge in [0, 0.05) is 39.6 Å². The normalized spacial score (nSPS) is 23.6. The van der Waals surface area contributed by atoms with Crippen LogP contribution in [0.1, 0.15) is 28.8 Å². The van der Waals surface area contributed by atoms with E-state index in [-0.39, 0.29) is 0 Å². The second kappa shape index (κ2) is 5.52. The van der Waals surface area contributed by atoms with Crippen molar-refractivity contribution >= 4 is 22.4 Å². The molecule has 0 aliphatic carbocycles. The molecule has 1 amide bonds. The van der Waals surface area contributed by atoms with Gasteiger partial charge >= 0.3 is 0 Å². The van der Waals surface area contributed by atoms with Crippen molar-refractivity contribution in [2.45, 2.75) is 25.8 Å². The molecule has 0 aromatic heterocycles. The minimum absolute atomic E-state index is 0.338. The summed E-state index contributed by atoms with van der Waals surface area (Å²) in [7, 11) is -0.650. The third kappa shape index (κ3) is 2.90. The van der Waals surface area contributed by atoms with E-state index >= 15 is 0 Å². The number of carbonyl (C=O) groups is 1. The topological polar surface area (TPSA) is 72.2 Å². The van der Waals surface area contributed by atoms with E-state index in [2.05, 4.69) is 5.32 Å². The molecule has 1 aliphatic rings. The molecule has 0 saturated carbocycles. The fourth-order valence-electron chi connectivity index (χ4n) is 2.22. The molecule has 1 heterocycles. The van der Waals surface area contributed by atoms with Crippen LogP contribution in [-0.4, -0.2) is 27.7 Å². The molecule has 1 fully saturated rings. The van der Waals surface area contributed by atoms with Crippen LogP contribution in [0.15, 0.2) is 18.2 Å². The smallest absolute Gasteiger partial charge is 0.249 e. The van der Waals surface area contributed by atoms with E-state index in [9.17, 15) is 9.00 Å². The Bertz CT molecular complexity index is 478. The number of hydrogen-bond acceptors (Lipinski definition) is 3. The lowest BCUT2D eigenvalue weighted by Crippen LogP contribution is -2.29. The second-order valence-electron chi connectivity index (χ2n) is 4.61. The standard InChI is InChI=1S/C13H18N2O2S/c1-9-11(13(14)16)3-2-4-12(9)15-10-5-7-18(17)8-6-10/h2-4,10,15H,5-8H2,1H3,(H2,14,16). The summed E-state index contributed by atoms with van der Waals surface area (Å²) in [4.78, 5) is 11.3. The molecular weight excluding hydrogens is 248 g/mol. The van der Waals surface area contributed by atoms with Crippen LogP contribution < -0.4 is 11.1 Å². The summed E-state index contributed by atoms with van der Waals surface area (Å²) < 4.78 is 11.3. The molecule has 1 aromatic rings. The van der Waals surface area contributed by atoms with Gasteiger partial charge in [0.2, 0.25) is 5.91 Å². The Morgan fingerprint density at radius 3 is 2.67 bits per heavy atom. The Kier molecular flexibility index (Phi) is 4.01. The fourth-order valence-corrected chi connectivity index (χ4v) is 3.52. The van der Waals surface area contributed by atoms with Crippen LogP contribution in [-0.2, 0) is 10.8 Å². The molecule has 0 bridgehead atoms. The molecule has 4 nitrogen and oxygen atoms in total. The highest BCUT2D eigenvalue weighted by Crippen LogP contribution is 2.22. The largest absolute Gasteiger partial charge is 0.382 e. The first-order valence-electron chi connectivity index (χ1n) is 6.09. The van der Waals surface area contributed by atoms with E-state index in [0.717, 1.165) is 35.6 Å². The van der Waals surface area contributed by atoms with Crippen LogP contribution >= 0.6 is 0 Å². The molecule has 0 unspecified atom stereocenters. The number of benzene rings is 1. The van der Waals surface area contributed by atoms with Gasteiger partial charge in [-0.3, -0.25) is 9.00 Å². The molecule has 1 saturated heterocycles. The van der Waals surface area contributed by atoms with Crippen LogP contribution in [0.4, 0.5) is 5.69 Å². The molecular formula is C13H18N2O2S. The number of nitrogens with one attached hydrogen (secondary N) is 1. The predicted molar refractivity (Wildman–Crippen MR) is 74.2 cm³/mol. The zero-order chi connectivity index (χ0) is 13.1. The first kappa shape index (κ1) is 13.1. The lowest BCUT2D eigenvalue weighted by Gasteiger charge is -2.24. The average Bonchev–Trinajstić information content (AvgIpc) is 2.34. The summed E-state index contributed by atoms with van der Waals surface area (Å²) in [6.07, 6.45) is 1.82. The number of carbonyl (C=O) groups excluding carboxylic acids is 1. The number of primary amides is 1. The van der Waals surface area contributed by atoms with Crippen LogP contribution in [0.2, 0.25) is 0 Å². The van der Waals surface area contributed by atoms with Gasteiger partial charge in [0.25, 0.3) is 0 Å². The summed E-state index contributed by atoms with van der Waals surface area (Å²) in [5.41, 5.74) is 7.72. The summed E-state index contributed by atoms with van der Waals surface area (Å²) in [5, 5.41) is 3.42. The highest BCUT2D eigenvalue weighted by molar-refractivity contribution is 7.85. The third-order valence-corrected chi connectivity index (χ3v) is 4.73. The maximum absolute atomic E-state index is 11.3. The number of nitrogens with two attached hydrogens (primary N) is 1. The monoisotopic (exact) mass is 266 g/mol. The van der Waals surface area contributed by atoms with Crippen molar-refractivity contribution in [2.24, 2.45) is 5.73 Å². The predicted octanol–water partition coefficient (Wildman–Crippen LogP) is 1.42. The maximum atomic E-state index is 11.3. The van der Waals surface area contributed by atoms with Crippen molar-refractivity contribution in [3.05, 3.63) is 29.3 Å². The zero-order valence-electron chi connectivity index (χ0n) is 10.4. The molecule has 18 heavy (non-hydrogen) atoms. The lowest BCUT2D eigenvalue weighted by atomic mass is 10.0. The molecule has 0 atom stereocenters. The highest BCUT2D eigenvalue weighted by atomic mass is 32.2. The van der Waals surface area contributed by atoms with Crippen LogP contribution in [0.5, 0.6) is 0 Å². The molecule has 98 valence electrons. The summed E-state index contributed by atoms with van der Waals surface area (Å²) in [6, 6.07) is 5.85. The van der Waals surface area contributed by atoms with Crippen molar-refractivity contribution in [1.82, 2.24) is 0 Å². The minimum Gasteiger partial charge on any atom is -0.382 e. The molecule has 5 heteroatoms. The Balaban J connectivity index is 2.12. The van der Waals surface area contributed by atoms with Crippen molar-refractivity contribution < 1.29 is 9.00 Å². The van der Waals surface area contributed by atoms with E-state index in [0.29, 0.717) is 11.6 Å². The van der Waals surface area contributed by atoms with Crippen LogP contribution in [0.3, 0.4) is 0 Å². The van der Waals surface area contributed by atoms with Gasteiger partial charge in [-0.1, -0.05) is 6.07 Å². The van der Waals surface area contributed by atoms with Crippen LogP contribution in [0.25, 0.3) is 0 Å². The number of amides is 1. The van der Waals surface area contributed by atoms with Gasteiger partial charge < -0.3 is 11.1 Å². The Labute approximate surface area is 109 Å². The minimum atomic E-state index is -0.650. The quantitative estimate of drug-likeness (QED) is 0.869. The molecule has 1 aliphatic heterocycles. The van der Waals surface area contributed by atoms with Gasteiger partial charge in [0.15, 0.2) is 0 Å². The first-order chi connectivity index (χ1) is 8.58. The van der Waals surface area contributed by atoms with Crippen molar-refractivity contribution in [3.63, 3.8) is 0 Å². The maximum Gasteiger partial charge on any atom is 0.249 e. The molecule has 2 rings (SSSR count). The molecule has 3 N–H and O–H groups in total. The van der Waals surface area contributed by atoms with E-state index in [1.807, 2.05) is 19.1 Å². The van der Waals surface area contributed by atoms with Gasteiger partial charge in [-0.15, -0.1) is 0 Å². The van der Waals surface area contributed by atoms with E-state index in [1.165, 1.54) is 0 Å². The SMILES string of the molecule is Cc1c(NC2CCS(=O)CC2)cccc1C(N)=O. The Hall–Kier alpha value is -1.36. The second-order valence-corrected chi connectivity index (χ2v) is 6.31. The summed E-state index contributed by atoms with van der Waals surface area (Å²) >= 11 is 0. The van der Waals surface area contributed by atoms with E-state index in [4.69, 9.17) is 5.73 Å². The zero-order valence-corrected chi connectivity index (χ0v) is 11.3.